The minimum atomic E-state index is 0.255. The first-order chi connectivity index (χ1) is 10.2. The van der Waals surface area contributed by atoms with Gasteiger partial charge in [0.15, 0.2) is 0 Å². The van der Waals surface area contributed by atoms with Crippen LogP contribution in [0.1, 0.15) is 27.1 Å². The van der Waals surface area contributed by atoms with Gasteiger partial charge in [0.05, 0.1) is 8.61 Å². The van der Waals surface area contributed by atoms with Gasteiger partial charge in [-0.1, -0.05) is 70.5 Å². The summed E-state index contributed by atoms with van der Waals surface area (Å²) in [4.78, 5) is 0.255. The number of benzene rings is 2. The van der Waals surface area contributed by atoms with E-state index in [9.17, 15) is 0 Å². The highest BCUT2D eigenvalue weighted by Gasteiger charge is 2.11. The molecule has 21 heavy (non-hydrogen) atoms. The Hall–Kier alpha value is -0.900. The molecular weight excluding hydrogens is 408 g/mol. The quantitative estimate of drug-likeness (QED) is 0.417. The van der Waals surface area contributed by atoms with E-state index < -0.39 is 0 Å². The first kappa shape index (κ1) is 15.0. The minimum absolute atomic E-state index is 0.255. The second-order valence-corrected chi connectivity index (χ2v) is 8.16. The number of rotatable bonds is 4. The molecule has 0 radical (unpaired) electrons. The van der Waals surface area contributed by atoms with Gasteiger partial charge in [-0.25, -0.2) is 0 Å². The maximum atomic E-state index is 3.78. The van der Waals surface area contributed by atoms with Crippen molar-refractivity contribution in [3.8, 4) is 0 Å². The summed E-state index contributed by atoms with van der Waals surface area (Å²) in [6, 6.07) is 21.6. The van der Waals surface area contributed by atoms with Gasteiger partial charge in [-0.05, 0) is 56.1 Å². The molecule has 0 spiro atoms. The lowest BCUT2D eigenvalue weighted by molar-refractivity contribution is 1.15. The molecule has 3 rings (SSSR count). The molecule has 0 saturated heterocycles. The molecule has 0 saturated carbocycles. The molecule has 0 nitrogen and oxygen atoms in total. The SMILES string of the molecule is Brc1cc(C(Br)c2ccc(Cc3ccccc3)cc2)cs1. The monoisotopic (exact) mass is 420 g/mol. The van der Waals surface area contributed by atoms with Crippen molar-refractivity contribution in [1.82, 2.24) is 0 Å². The van der Waals surface area contributed by atoms with Crippen LogP contribution in [0, 0.1) is 0 Å². The van der Waals surface area contributed by atoms with Crippen LogP contribution < -0.4 is 0 Å². The summed E-state index contributed by atoms with van der Waals surface area (Å²) in [5.41, 5.74) is 5.28. The largest absolute Gasteiger partial charge is 0.136 e. The Morgan fingerprint density at radius 3 is 2.14 bits per heavy atom. The summed E-state index contributed by atoms with van der Waals surface area (Å²) in [6.45, 7) is 0. The first-order valence-electron chi connectivity index (χ1n) is 6.73. The van der Waals surface area contributed by atoms with Gasteiger partial charge in [-0.3, -0.25) is 0 Å². The molecule has 0 fully saturated rings. The summed E-state index contributed by atoms with van der Waals surface area (Å²) in [5.74, 6) is 0. The lowest BCUT2D eigenvalue weighted by Crippen LogP contribution is -1.92. The van der Waals surface area contributed by atoms with Crippen LogP contribution in [0.15, 0.2) is 69.8 Å². The Morgan fingerprint density at radius 2 is 1.52 bits per heavy atom. The van der Waals surface area contributed by atoms with E-state index >= 15 is 0 Å². The Balaban J connectivity index is 1.75. The van der Waals surface area contributed by atoms with Crippen molar-refractivity contribution in [2.75, 3.05) is 0 Å². The third kappa shape index (κ3) is 3.85. The van der Waals surface area contributed by atoms with Crippen LogP contribution in [0.5, 0.6) is 0 Å². The van der Waals surface area contributed by atoms with Crippen LogP contribution in [-0.4, -0.2) is 0 Å². The number of hydrogen-bond acceptors (Lipinski definition) is 1. The van der Waals surface area contributed by atoms with E-state index in [0.29, 0.717) is 0 Å². The molecule has 106 valence electrons. The maximum Gasteiger partial charge on any atom is 0.0701 e. The van der Waals surface area contributed by atoms with Gasteiger partial charge >= 0.3 is 0 Å². The Bertz CT molecular complexity index is 702. The van der Waals surface area contributed by atoms with Crippen molar-refractivity contribution in [3.05, 3.63) is 92.1 Å². The average Bonchev–Trinajstić information content (AvgIpc) is 2.95. The Labute approximate surface area is 146 Å². The summed E-state index contributed by atoms with van der Waals surface area (Å²) in [5, 5.41) is 2.18. The van der Waals surface area contributed by atoms with Gasteiger partial charge in [0.25, 0.3) is 0 Å². The Morgan fingerprint density at radius 1 is 0.857 bits per heavy atom. The second kappa shape index (κ2) is 6.91. The van der Waals surface area contributed by atoms with E-state index in [2.05, 4.69) is 97.9 Å². The molecule has 0 aliphatic rings. The van der Waals surface area contributed by atoms with E-state index in [-0.39, 0.29) is 4.83 Å². The summed E-state index contributed by atoms with van der Waals surface area (Å²) in [6.07, 6.45) is 0.984. The highest BCUT2D eigenvalue weighted by molar-refractivity contribution is 9.11. The van der Waals surface area contributed by atoms with E-state index in [1.54, 1.807) is 11.3 Å². The highest BCUT2D eigenvalue weighted by atomic mass is 79.9. The minimum Gasteiger partial charge on any atom is -0.136 e. The van der Waals surface area contributed by atoms with E-state index in [1.807, 2.05) is 0 Å². The molecule has 3 heteroatoms. The van der Waals surface area contributed by atoms with Crippen LogP contribution in [0.25, 0.3) is 0 Å². The van der Waals surface area contributed by atoms with Crippen LogP contribution >= 0.6 is 43.2 Å². The molecule has 0 aliphatic carbocycles. The molecule has 1 atom stereocenters. The van der Waals surface area contributed by atoms with E-state index in [0.717, 1.165) is 6.42 Å². The van der Waals surface area contributed by atoms with Crippen molar-refractivity contribution in [3.63, 3.8) is 0 Å². The summed E-state index contributed by atoms with van der Waals surface area (Å²) >= 11 is 9.02. The zero-order valence-electron chi connectivity index (χ0n) is 11.3. The average molecular weight is 422 g/mol. The van der Waals surface area contributed by atoms with Gasteiger partial charge in [0, 0.05) is 0 Å². The number of halogens is 2. The summed E-state index contributed by atoms with van der Waals surface area (Å²) in [7, 11) is 0. The molecule has 0 amide bonds. The van der Waals surface area contributed by atoms with Crippen LogP contribution in [0.3, 0.4) is 0 Å². The molecule has 0 aliphatic heterocycles. The molecule has 3 aromatic rings. The van der Waals surface area contributed by atoms with Crippen molar-refractivity contribution < 1.29 is 0 Å². The molecule has 1 heterocycles. The van der Waals surface area contributed by atoms with Crippen molar-refractivity contribution in [1.29, 1.82) is 0 Å². The van der Waals surface area contributed by atoms with Crippen molar-refractivity contribution in [2.45, 2.75) is 11.2 Å². The molecule has 0 bridgehead atoms. The van der Waals surface area contributed by atoms with Gasteiger partial charge in [-0.15, -0.1) is 11.3 Å². The Kier molecular flexibility index (Phi) is 4.94. The van der Waals surface area contributed by atoms with Crippen molar-refractivity contribution in [2.24, 2.45) is 0 Å². The number of alkyl halides is 1. The predicted molar refractivity (Wildman–Crippen MR) is 98.5 cm³/mol. The van der Waals surface area contributed by atoms with Crippen molar-refractivity contribution >= 4 is 43.2 Å². The number of thiophene rings is 1. The van der Waals surface area contributed by atoms with Crippen LogP contribution in [-0.2, 0) is 6.42 Å². The van der Waals surface area contributed by atoms with E-state index in [1.165, 1.54) is 26.0 Å². The third-order valence-electron chi connectivity index (χ3n) is 3.40. The molecular formula is C18H14Br2S. The van der Waals surface area contributed by atoms with Crippen LogP contribution in [0.2, 0.25) is 0 Å². The third-order valence-corrected chi connectivity index (χ3v) is 5.98. The standard InChI is InChI=1S/C18H14Br2S/c19-17-11-16(12-21-17)18(20)15-8-6-14(7-9-15)10-13-4-2-1-3-5-13/h1-9,11-12,18H,10H2. The zero-order chi connectivity index (χ0) is 14.7. The van der Waals surface area contributed by atoms with E-state index in [4.69, 9.17) is 0 Å². The van der Waals surface area contributed by atoms with Gasteiger partial charge in [-0.2, -0.15) is 0 Å². The fraction of sp³-hybridized carbons (Fsp3) is 0.111. The van der Waals surface area contributed by atoms with Gasteiger partial charge in [0.1, 0.15) is 0 Å². The van der Waals surface area contributed by atoms with Gasteiger partial charge in [0.2, 0.25) is 0 Å². The second-order valence-electron chi connectivity index (χ2n) is 4.95. The molecule has 1 unspecified atom stereocenters. The van der Waals surface area contributed by atoms with Crippen LogP contribution in [0.4, 0.5) is 0 Å². The molecule has 2 aromatic carbocycles. The first-order valence-corrected chi connectivity index (χ1v) is 9.32. The normalized spacial score (nSPS) is 12.3. The lowest BCUT2D eigenvalue weighted by Gasteiger charge is -2.09. The van der Waals surface area contributed by atoms with Gasteiger partial charge < -0.3 is 0 Å². The fourth-order valence-corrected chi connectivity index (χ4v) is 4.23. The summed E-state index contributed by atoms with van der Waals surface area (Å²) < 4.78 is 1.17. The smallest absolute Gasteiger partial charge is 0.0701 e. The molecule has 0 N–H and O–H groups in total. The fourth-order valence-electron chi connectivity index (χ4n) is 2.28. The maximum absolute atomic E-state index is 3.78. The topological polar surface area (TPSA) is 0 Å². The highest BCUT2D eigenvalue weighted by Crippen LogP contribution is 2.35. The number of hydrogen-bond donors (Lipinski definition) is 0. The zero-order valence-corrected chi connectivity index (χ0v) is 15.3. The molecule has 1 aromatic heterocycles. The lowest BCUT2D eigenvalue weighted by atomic mass is 10.0. The predicted octanol–water partition coefficient (Wildman–Crippen LogP) is 6.59.